The molecule has 0 unspecified atom stereocenters. The van der Waals surface area contributed by atoms with E-state index in [1.165, 1.54) is 18.5 Å². The second kappa shape index (κ2) is 6.15. The molecule has 5 nitrogen and oxygen atoms in total. The Bertz CT molecular complexity index is 901. The first kappa shape index (κ1) is 15.7. The van der Waals surface area contributed by atoms with Crippen molar-refractivity contribution in [1.82, 2.24) is 14.6 Å². The lowest BCUT2D eigenvalue weighted by Gasteiger charge is -2.02. The third kappa shape index (κ3) is 3.60. The van der Waals surface area contributed by atoms with Gasteiger partial charge in [-0.15, -0.1) is 0 Å². The number of benzene rings is 1. The van der Waals surface area contributed by atoms with Crippen LogP contribution < -0.4 is 5.32 Å². The van der Waals surface area contributed by atoms with Gasteiger partial charge in [0.1, 0.15) is 0 Å². The Balaban J connectivity index is 1.75. The van der Waals surface area contributed by atoms with Gasteiger partial charge in [0.05, 0.1) is 18.1 Å². The number of nitrogens with zero attached hydrogens (tertiary/aromatic N) is 3. The molecule has 0 aliphatic rings. The number of carbonyl (C=O) groups excluding carboxylic acids is 1. The summed E-state index contributed by atoms with van der Waals surface area (Å²) in [5, 5.41) is 5.93. The van der Waals surface area contributed by atoms with E-state index in [2.05, 4.69) is 15.4 Å². The van der Waals surface area contributed by atoms with Crippen molar-refractivity contribution in [3.8, 4) is 0 Å². The predicted octanol–water partition coefficient (Wildman–Crippen LogP) is 3.40. The van der Waals surface area contributed by atoms with Crippen LogP contribution in [-0.2, 0) is 11.0 Å². The maximum Gasteiger partial charge on any atom is 0.435 e. The first-order chi connectivity index (χ1) is 11.4. The number of hydrogen-bond donors (Lipinski definition) is 1. The first-order valence-electron chi connectivity index (χ1n) is 6.88. The predicted molar refractivity (Wildman–Crippen MR) is 82.1 cm³/mol. The van der Waals surface area contributed by atoms with Crippen LogP contribution >= 0.6 is 0 Å². The summed E-state index contributed by atoms with van der Waals surface area (Å²) in [4.78, 5) is 15.7. The number of halogens is 3. The highest BCUT2D eigenvalue weighted by atomic mass is 19.4. The summed E-state index contributed by atoms with van der Waals surface area (Å²) in [5.74, 6) is -0.428. The van der Waals surface area contributed by atoms with Crippen molar-refractivity contribution >= 4 is 23.3 Å². The number of rotatable bonds is 3. The fourth-order valence-electron chi connectivity index (χ4n) is 2.00. The summed E-state index contributed by atoms with van der Waals surface area (Å²) in [7, 11) is 0. The molecule has 0 aliphatic carbocycles. The Labute approximate surface area is 134 Å². The Morgan fingerprint density at radius 1 is 1.21 bits per heavy atom. The number of anilines is 1. The van der Waals surface area contributed by atoms with Crippen LogP contribution in [0.5, 0.6) is 0 Å². The van der Waals surface area contributed by atoms with E-state index in [9.17, 15) is 18.0 Å². The fourth-order valence-corrected chi connectivity index (χ4v) is 2.00. The van der Waals surface area contributed by atoms with Crippen LogP contribution in [0.15, 0.2) is 54.9 Å². The Hall–Kier alpha value is -3.16. The number of nitrogens with one attached hydrogen (secondary N) is 1. The van der Waals surface area contributed by atoms with Gasteiger partial charge in [-0.05, 0) is 11.6 Å². The SMILES string of the molecule is O=C(/C=C/c1ccccc1)Nc1cnc2cc(C(F)(F)F)nn2c1. The Morgan fingerprint density at radius 2 is 1.96 bits per heavy atom. The first-order valence-corrected chi connectivity index (χ1v) is 6.88. The molecule has 2 heterocycles. The van der Waals surface area contributed by atoms with Crippen molar-refractivity contribution in [1.29, 1.82) is 0 Å². The van der Waals surface area contributed by atoms with Crippen molar-refractivity contribution in [2.75, 3.05) is 5.32 Å². The summed E-state index contributed by atoms with van der Waals surface area (Å²) in [6.45, 7) is 0. The zero-order valence-electron chi connectivity index (χ0n) is 12.2. The van der Waals surface area contributed by atoms with Gasteiger partial charge in [-0.3, -0.25) is 4.79 Å². The third-order valence-electron chi connectivity index (χ3n) is 3.10. The maximum absolute atomic E-state index is 12.6. The lowest BCUT2D eigenvalue weighted by Crippen LogP contribution is -2.09. The van der Waals surface area contributed by atoms with Crippen LogP contribution in [0, 0.1) is 0 Å². The number of carbonyl (C=O) groups is 1. The van der Waals surface area contributed by atoms with Crippen molar-refractivity contribution in [3.63, 3.8) is 0 Å². The summed E-state index contributed by atoms with van der Waals surface area (Å²) in [6, 6.07) is 10.0. The van der Waals surface area contributed by atoms with Gasteiger partial charge in [0, 0.05) is 12.1 Å². The molecule has 8 heteroatoms. The van der Waals surface area contributed by atoms with E-state index in [-0.39, 0.29) is 11.3 Å². The highest BCUT2D eigenvalue weighted by molar-refractivity contribution is 6.01. The number of hydrogen-bond acceptors (Lipinski definition) is 3. The van der Waals surface area contributed by atoms with Gasteiger partial charge in [-0.1, -0.05) is 30.3 Å². The van der Waals surface area contributed by atoms with Gasteiger partial charge in [0.2, 0.25) is 5.91 Å². The standard InChI is InChI=1S/C16H11F3N4O/c17-16(18,19)13-8-14-20-9-12(10-23(14)22-13)21-15(24)7-6-11-4-2-1-3-5-11/h1-10H,(H,21,24)/b7-6+. The second-order valence-electron chi connectivity index (χ2n) is 4.91. The molecular weight excluding hydrogens is 321 g/mol. The average Bonchev–Trinajstić information content (AvgIpc) is 2.97. The summed E-state index contributed by atoms with van der Waals surface area (Å²) in [6.07, 6.45) is 0.938. The van der Waals surface area contributed by atoms with E-state index in [0.717, 1.165) is 16.1 Å². The lowest BCUT2D eigenvalue weighted by atomic mass is 10.2. The number of amides is 1. The maximum atomic E-state index is 12.6. The molecule has 24 heavy (non-hydrogen) atoms. The largest absolute Gasteiger partial charge is 0.435 e. The monoisotopic (exact) mass is 332 g/mol. The molecular formula is C16H11F3N4O. The Morgan fingerprint density at radius 3 is 2.67 bits per heavy atom. The van der Waals surface area contributed by atoms with Crippen LogP contribution in [0.3, 0.4) is 0 Å². The molecule has 0 aliphatic heterocycles. The Kier molecular flexibility index (Phi) is 4.03. The second-order valence-corrected chi connectivity index (χ2v) is 4.91. The molecule has 0 saturated carbocycles. The third-order valence-corrected chi connectivity index (χ3v) is 3.10. The number of aromatic nitrogens is 3. The summed E-state index contributed by atoms with van der Waals surface area (Å²) >= 11 is 0. The minimum atomic E-state index is -4.55. The van der Waals surface area contributed by atoms with E-state index < -0.39 is 17.8 Å². The van der Waals surface area contributed by atoms with Gasteiger partial charge in [0.25, 0.3) is 0 Å². The smallest absolute Gasteiger partial charge is 0.320 e. The summed E-state index contributed by atoms with van der Waals surface area (Å²) < 4.78 is 38.8. The molecule has 0 saturated heterocycles. The van der Waals surface area contributed by atoms with Crippen molar-refractivity contribution in [2.45, 2.75) is 6.18 Å². The zero-order chi connectivity index (χ0) is 17.2. The number of alkyl halides is 3. The van der Waals surface area contributed by atoms with Crippen molar-refractivity contribution < 1.29 is 18.0 Å². The molecule has 3 aromatic rings. The normalized spacial score (nSPS) is 12.0. The quantitative estimate of drug-likeness (QED) is 0.748. The van der Waals surface area contributed by atoms with E-state index in [4.69, 9.17) is 0 Å². The molecule has 1 aromatic carbocycles. The van der Waals surface area contributed by atoms with Crippen LogP contribution in [0.1, 0.15) is 11.3 Å². The molecule has 0 atom stereocenters. The molecule has 1 amide bonds. The fraction of sp³-hybridized carbons (Fsp3) is 0.0625. The lowest BCUT2D eigenvalue weighted by molar-refractivity contribution is -0.141. The van der Waals surface area contributed by atoms with Gasteiger partial charge in [-0.2, -0.15) is 18.3 Å². The van der Waals surface area contributed by atoms with Gasteiger partial charge in [-0.25, -0.2) is 9.50 Å². The highest BCUT2D eigenvalue weighted by Gasteiger charge is 2.34. The van der Waals surface area contributed by atoms with Crippen LogP contribution in [-0.4, -0.2) is 20.5 Å². The zero-order valence-corrected chi connectivity index (χ0v) is 12.2. The van der Waals surface area contributed by atoms with Gasteiger partial charge in [0.15, 0.2) is 11.3 Å². The summed E-state index contributed by atoms with van der Waals surface area (Å²) in [5.41, 5.74) is 0.0905. The van der Waals surface area contributed by atoms with Gasteiger partial charge < -0.3 is 5.32 Å². The molecule has 0 bridgehead atoms. The van der Waals surface area contributed by atoms with Crippen LogP contribution in [0.2, 0.25) is 0 Å². The van der Waals surface area contributed by atoms with Crippen molar-refractivity contribution in [3.05, 3.63) is 66.1 Å². The average molecular weight is 332 g/mol. The van der Waals surface area contributed by atoms with E-state index >= 15 is 0 Å². The molecule has 1 N–H and O–H groups in total. The molecule has 0 radical (unpaired) electrons. The minimum Gasteiger partial charge on any atom is -0.320 e. The number of fused-ring (bicyclic) bond motifs is 1. The van der Waals surface area contributed by atoms with E-state index in [1.54, 1.807) is 6.08 Å². The molecule has 2 aromatic heterocycles. The minimum absolute atomic E-state index is 0.0418. The molecule has 122 valence electrons. The van der Waals surface area contributed by atoms with E-state index in [1.807, 2.05) is 30.3 Å². The van der Waals surface area contributed by atoms with Crippen molar-refractivity contribution in [2.24, 2.45) is 0 Å². The van der Waals surface area contributed by atoms with Crippen LogP contribution in [0.25, 0.3) is 11.7 Å². The highest BCUT2D eigenvalue weighted by Crippen LogP contribution is 2.28. The molecule has 3 rings (SSSR count). The molecule has 0 fully saturated rings. The van der Waals surface area contributed by atoms with E-state index in [0.29, 0.717) is 0 Å². The van der Waals surface area contributed by atoms with Gasteiger partial charge >= 0.3 is 6.18 Å². The van der Waals surface area contributed by atoms with Crippen LogP contribution in [0.4, 0.5) is 18.9 Å². The topological polar surface area (TPSA) is 59.3 Å². The molecule has 0 spiro atoms.